The Hall–Kier alpha value is -1.47. The lowest BCUT2D eigenvalue weighted by atomic mass is 10.0. The van der Waals surface area contributed by atoms with Crippen LogP contribution in [0.3, 0.4) is 0 Å². The Morgan fingerprint density at radius 2 is 1.95 bits per heavy atom. The monoisotopic (exact) mass is 301 g/mol. The number of carbonyl (C=O) groups is 1. The van der Waals surface area contributed by atoms with Gasteiger partial charge in [-0.3, -0.25) is 4.79 Å². The lowest BCUT2D eigenvalue weighted by Gasteiger charge is -2.25. The van der Waals surface area contributed by atoms with E-state index in [1.807, 2.05) is 0 Å². The molecule has 0 spiro atoms. The van der Waals surface area contributed by atoms with Gasteiger partial charge in [-0.1, -0.05) is 18.9 Å². The Morgan fingerprint density at radius 3 is 2.50 bits per heavy atom. The predicted octanol–water partition coefficient (Wildman–Crippen LogP) is 1.81. The number of hydrogen-bond donors (Lipinski definition) is 2. The number of hydrogen-bond acceptors (Lipinski definition) is 3. The highest BCUT2D eigenvalue weighted by atomic mass is 32.2. The van der Waals surface area contributed by atoms with Crippen LogP contribution in [-0.4, -0.2) is 25.0 Å². The molecule has 20 heavy (non-hydrogen) atoms. The van der Waals surface area contributed by atoms with Crippen LogP contribution in [0.25, 0.3) is 0 Å². The van der Waals surface area contributed by atoms with Gasteiger partial charge < -0.3 is 5.11 Å². The Kier molecular flexibility index (Phi) is 3.84. The van der Waals surface area contributed by atoms with Crippen LogP contribution in [0.1, 0.15) is 31.2 Å². The highest BCUT2D eigenvalue weighted by Crippen LogP contribution is 2.32. The Bertz CT molecular complexity index is 636. The van der Waals surface area contributed by atoms with Crippen LogP contribution >= 0.6 is 0 Å². The minimum absolute atomic E-state index is 0.217. The van der Waals surface area contributed by atoms with Crippen molar-refractivity contribution in [3.63, 3.8) is 0 Å². The van der Waals surface area contributed by atoms with Gasteiger partial charge in [0, 0.05) is 0 Å². The van der Waals surface area contributed by atoms with Gasteiger partial charge in [0.1, 0.15) is 16.3 Å². The van der Waals surface area contributed by atoms with Gasteiger partial charge in [-0.25, -0.2) is 12.8 Å². The molecule has 0 bridgehead atoms. The minimum atomic E-state index is -4.21. The second-order valence-electron chi connectivity index (χ2n) is 5.13. The molecule has 110 valence electrons. The molecule has 0 radical (unpaired) electrons. The van der Waals surface area contributed by atoms with Gasteiger partial charge in [-0.2, -0.15) is 4.72 Å². The molecule has 0 saturated heterocycles. The zero-order valence-electron chi connectivity index (χ0n) is 11.0. The van der Waals surface area contributed by atoms with Gasteiger partial charge in [0.25, 0.3) is 0 Å². The third-order valence-electron chi connectivity index (χ3n) is 3.57. The average molecular weight is 301 g/mol. The maximum absolute atomic E-state index is 13.7. The first-order chi connectivity index (χ1) is 9.27. The van der Waals surface area contributed by atoms with Crippen LogP contribution in [0, 0.1) is 12.7 Å². The van der Waals surface area contributed by atoms with Crippen molar-refractivity contribution >= 4 is 16.0 Å². The van der Waals surface area contributed by atoms with Crippen molar-refractivity contribution in [3.8, 4) is 0 Å². The van der Waals surface area contributed by atoms with Crippen LogP contribution in [-0.2, 0) is 14.8 Å². The second kappa shape index (κ2) is 5.14. The predicted molar refractivity (Wildman–Crippen MR) is 70.3 cm³/mol. The molecule has 0 heterocycles. The van der Waals surface area contributed by atoms with Crippen molar-refractivity contribution in [2.45, 2.75) is 43.0 Å². The summed E-state index contributed by atoms with van der Waals surface area (Å²) in [5.41, 5.74) is -0.933. The van der Waals surface area contributed by atoms with Gasteiger partial charge in [0.05, 0.1) is 0 Å². The molecule has 1 aliphatic carbocycles. The van der Waals surface area contributed by atoms with Gasteiger partial charge >= 0.3 is 5.97 Å². The summed E-state index contributed by atoms with van der Waals surface area (Å²) < 4.78 is 40.4. The van der Waals surface area contributed by atoms with E-state index < -0.39 is 32.2 Å². The van der Waals surface area contributed by atoms with Crippen molar-refractivity contribution in [2.75, 3.05) is 0 Å². The summed E-state index contributed by atoms with van der Waals surface area (Å²) in [6, 6.07) is 3.71. The lowest BCUT2D eigenvalue weighted by Crippen LogP contribution is -2.52. The highest BCUT2D eigenvalue weighted by molar-refractivity contribution is 7.89. The molecule has 7 heteroatoms. The smallest absolute Gasteiger partial charge is 0.324 e. The standard InChI is InChI=1S/C13H16FNO4S/c1-9-4-5-10(14)11(8-9)20(18,19)15-13(12(16)17)6-2-3-7-13/h4-5,8,15H,2-3,6-7H2,1H3,(H,16,17). The molecule has 0 unspecified atom stereocenters. The molecule has 1 aromatic carbocycles. The molecule has 2 rings (SSSR count). The fourth-order valence-corrected chi connectivity index (χ4v) is 4.05. The molecular weight excluding hydrogens is 285 g/mol. The molecule has 0 aliphatic heterocycles. The molecule has 1 aromatic rings. The van der Waals surface area contributed by atoms with Crippen molar-refractivity contribution in [1.29, 1.82) is 0 Å². The number of benzene rings is 1. The van der Waals surface area contributed by atoms with E-state index in [1.165, 1.54) is 12.1 Å². The summed E-state index contributed by atoms with van der Waals surface area (Å²) in [6.45, 7) is 1.64. The zero-order chi connectivity index (χ0) is 15.0. The van der Waals surface area contributed by atoms with E-state index in [2.05, 4.69) is 4.72 Å². The van der Waals surface area contributed by atoms with Gasteiger partial charge in [-0.15, -0.1) is 0 Å². The van der Waals surface area contributed by atoms with Gasteiger partial charge in [-0.05, 0) is 37.5 Å². The Balaban J connectivity index is 2.40. The summed E-state index contributed by atoms with van der Waals surface area (Å²) in [4.78, 5) is 10.9. The maximum atomic E-state index is 13.7. The lowest BCUT2D eigenvalue weighted by molar-refractivity contribution is -0.143. The number of nitrogens with one attached hydrogen (secondary N) is 1. The first-order valence-electron chi connectivity index (χ1n) is 6.30. The van der Waals surface area contributed by atoms with Crippen LogP contribution in [0.15, 0.2) is 23.1 Å². The number of rotatable bonds is 4. The molecule has 1 aliphatic rings. The van der Waals surface area contributed by atoms with Crippen molar-refractivity contribution in [1.82, 2.24) is 4.72 Å². The number of sulfonamides is 1. The largest absolute Gasteiger partial charge is 0.480 e. The quantitative estimate of drug-likeness (QED) is 0.888. The van der Waals surface area contributed by atoms with Crippen molar-refractivity contribution < 1.29 is 22.7 Å². The fourth-order valence-electron chi connectivity index (χ4n) is 2.47. The zero-order valence-corrected chi connectivity index (χ0v) is 11.8. The summed E-state index contributed by atoms with van der Waals surface area (Å²) in [7, 11) is -4.21. The number of carboxylic acid groups (broad SMARTS) is 1. The summed E-state index contributed by atoms with van der Waals surface area (Å²) in [5.74, 6) is -2.10. The molecule has 0 aromatic heterocycles. The van der Waals surface area contributed by atoms with Crippen molar-refractivity contribution in [3.05, 3.63) is 29.6 Å². The number of aryl methyl sites for hydroxylation is 1. The van der Waals surface area contributed by atoms with E-state index in [-0.39, 0.29) is 12.8 Å². The first kappa shape index (κ1) is 14.9. The van der Waals surface area contributed by atoms with E-state index in [9.17, 15) is 22.7 Å². The van der Waals surface area contributed by atoms with Gasteiger partial charge in [0.2, 0.25) is 10.0 Å². The fraction of sp³-hybridized carbons (Fsp3) is 0.462. The van der Waals surface area contributed by atoms with E-state index >= 15 is 0 Å². The molecule has 0 atom stereocenters. The van der Waals surface area contributed by atoms with E-state index in [1.54, 1.807) is 6.92 Å². The second-order valence-corrected chi connectivity index (χ2v) is 6.78. The molecule has 1 fully saturated rings. The molecule has 0 amide bonds. The van der Waals surface area contributed by atoms with Crippen LogP contribution in [0.5, 0.6) is 0 Å². The normalized spacial score (nSPS) is 18.1. The topological polar surface area (TPSA) is 83.5 Å². The van der Waals surface area contributed by atoms with Crippen molar-refractivity contribution in [2.24, 2.45) is 0 Å². The van der Waals surface area contributed by atoms with E-state index in [0.717, 1.165) is 6.07 Å². The maximum Gasteiger partial charge on any atom is 0.324 e. The summed E-state index contributed by atoms with van der Waals surface area (Å²) >= 11 is 0. The number of carboxylic acids is 1. The third kappa shape index (κ3) is 2.69. The minimum Gasteiger partial charge on any atom is -0.480 e. The molecule has 2 N–H and O–H groups in total. The average Bonchev–Trinajstić information content (AvgIpc) is 2.81. The molecular formula is C13H16FNO4S. The van der Waals surface area contributed by atoms with E-state index in [0.29, 0.717) is 18.4 Å². The van der Waals surface area contributed by atoms with E-state index in [4.69, 9.17) is 0 Å². The Labute approximate surface area is 116 Å². The highest BCUT2D eigenvalue weighted by Gasteiger charge is 2.45. The number of halogens is 1. The SMILES string of the molecule is Cc1ccc(F)c(S(=O)(=O)NC2(C(=O)O)CCCC2)c1. The van der Waals surface area contributed by atoms with Crippen LogP contribution < -0.4 is 4.72 Å². The first-order valence-corrected chi connectivity index (χ1v) is 7.79. The summed E-state index contributed by atoms with van der Waals surface area (Å²) in [5, 5.41) is 9.28. The molecule has 1 saturated carbocycles. The summed E-state index contributed by atoms with van der Waals surface area (Å²) in [6.07, 6.45) is 1.69. The van der Waals surface area contributed by atoms with Gasteiger partial charge in [0.15, 0.2) is 0 Å². The Morgan fingerprint density at radius 1 is 1.35 bits per heavy atom. The van der Waals surface area contributed by atoms with Crippen LogP contribution in [0.2, 0.25) is 0 Å². The van der Waals surface area contributed by atoms with Crippen LogP contribution in [0.4, 0.5) is 4.39 Å². The molecule has 5 nitrogen and oxygen atoms in total. The number of aliphatic carboxylic acids is 1. The third-order valence-corrected chi connectivity index (χ3v) is 5.12.